The maximum absolute atomic E-state index is 12.0. The summed E-state index contributed by atoms with van der Waals surface area (Å²) < 4.78 is 2.21. The number of aromatic nitrogens is 4. The predicted molar refractivity (Wildman–Crippen MR) is 178 cm³/mol. The summed E-state index contributed by atoms with van der Waals surface area (Å²) >= 11 is 13.5. The topological polar surface area (TPSA) is 93.5 Å². The average Bonchev–Trinajstić information content (AvgIpc) is 3.52. The predicted octanol–water partition coefficient (Wildman–Crippen LogP) is 6.23. The number of piperidine rings is 2. The van der Waals surface area contributed by atoms with Crippen molar-refractivity contribution in [1.29, 1.82) is 0 Å². The molecule has 0 radical (unpaired) electrons. The van der Waals surface area contributed by atoms with Gasteiger partial charge in [0.1, 0.15) is 0 Å². The average molecular weight is 643 g/mol. The molecule has 1 aromatic carbocycles. The van der Waals surface area contributed by atoms with Gasteiger partial charge in [-0.2, -0.15) is 10.2 Å². The number of fused-ring (bicyclic) bond motifs is 1. The second-order valence-corrected chi connectivity index (χ2v) is 14.8. The maximum atomic E-state index is 12.0. The van der Waals surface area contributed by atoms with E-state index in [9.17, 15) is 4.79 Å². The van der Waals surface area contributed by atoms with Gasteiger partial charge in [-0.15, -0.1) is 0 Å². The number of likely N-dealkylation sites (tertiary alicyclic amines) is 2. The van der Waals surface area contributed by atoms with E-state index in [2.05, 4.69) is 52.0 Å². The molecule has 44 heavy (non-hydrogen) atoms. The van der Waals surface area contributed by atoms with E-state index in [0.717, 1.165) is 105 Å². The first kappa shape index (κ1) is 31.4. The highest BCUT2D eigenvalue weighted by Gasteiger charge is 2.54. The molecule has 1 amide bonds. The summed E-state index contributed by atoms with van der Waals surface area (Å²) in [6.07, 6.45) is 10.8. The number of aliphatic hydroxyl groups is 1. The number of β-amino-alcohol motifs (C(OH)–C–C–N with tert-alkyl or cyclic N) is 1. The molecule has 11 heteroatoms. The van der Waals surface area contributed by atoms with E-state index in [1.165, 1.54) is 12.5 Å². The molecular weight excluding hydrogens is 597 g/mol. The molecule has 4 fully saturated rings. The second-order valence-electron chi connectivity index (χ2n) is 14.0. The Morgan fingerprint density at radius 3 is 2.55 bits per heavy atom. The van der Waals surface area contributed by atoms with Gasteiger partial charge in [0.2, 0.25) is 5.91 Å². The summed E-state index contributed by atoms with van der Waals surface area (Å²) in [5, 5.41) is 23.7. The van der Waals surface area contributed by atoms with Crippen LogP contribution >= 0.6 is 23.2 Å². The van der Waals surface area contributed by atoms with E-state index in [4.69, 9.17) is 33.4 Å². The van der Waals surface area contributed by atoms with Crippen LogP contribution in [0.1, 0.15) is 70.5 Å². The number of nitrogens with zero attached hydrogens (tertiary/aromatic N) is 6. The van der Waals surface area contributed by atoms with Gasteiger partial charge in [-0.05, 0) is 91.5 Å². The number of carbonyl (C=O) groups excluding carboxylic acids is 1. The largest absolute Gasteiger partial charge is 0.392 e. The van der Waals surface area contributed by atoms with Crippen LogP contribution in [0, 0.1) is 12.3 Å². The van der Waals surface area contributed by atoms with Crippen molar-refractivity contribution in [2.75, 3.05) is 44.7 Å². The number of halogens is 2. The fourth-order valence-corrected chi connectivity index (χ4v) is 8.29. The highest BCUT2D eigenvalue weighted by atomic mass is 35.5. The van der Waals surface area contributed by atoms with Gasteiger partial charge in [-0.3, -0.25) is 14.6 Å². The Kier molecular flexibility index (Phi) is 8.54. The van der Waals surface area contributed by atoms with Crippen LogP contribution in [0.5, 0.6) is 0 Å². The van der Waals surface area contributed by atoms with Crippen molar-refractivity contribution in [2.45, 2.75) is 83.4 Å². The number of hydrogen-bond donors (Lipinski definition) is 2. The molecule has 3 saturated heterocycles. The van der Waals surface area contributed by atoms with Crippen molar-refractivity contribution in [3.8, 4) is 11.1 Å². The molecule has 1 saturated carbocycles. The van der Waals surface area contributed by atoms with Crippen LogP contribution in [0.2, 0.25) is 10.0 Å². The fourth-order valence-electron chi connectivity index (χ4n) is 7.83. The number of rotatable bonds is 4. The van der Waals surface area contributed by atoms with Crippen molar-refractivity contribution in [1.82, 2.24) is 29.8 Å². The van der Waals surface area contributed by atoms with E-state index >= 15 is 0 Å². The summed E-state index contributed by atoms with van der Waals surface area (Å²) in [5.74, 6) is 0.998. The molecule has 1 atom stereocenters. The molecule has 5 heterocycles. The zero-order chi connectivity index (χ0) is 31.4. The number of aromatic amines is 1. The maximum Gasteiger partial charge on any atom is 0.245 e. The van der Waals surface area contributed by atoms with Gasteiger partial charge < -0.3 is 19.8 Å². The molecule has 2 aromatic heterocycles. The van der Waals surface area contributed by atoms with Gasteiger partial charge in [0, 0.05) is 59.3 Å². The summed E-state index contributed by atoms with van der Waals surface area (Å²) in [6, 6.07) is 2.13. The van der Waals surface area contributed by atoms with Gasteiger partial charge in [0.15, 0.2) is 5.82 Å². The summed E-state index contributed by atoms with van der Waals surface area (Å²) in [4.78, 5) is 18.5. The van der Waals surface area contributed by atoms with Crippen LogP contribution in [-0.4, -0.2) is 92.2 Å². The third kappa shape index (κ3) is 5.65. The summed E-state index contributed by atoms with van der Waals surface area (Å²) in [7, 11) is 2.04. The molecule has 3 aliphatic heterocycles. The first-order chi connectivity index (χ1) is 20.9. The Bertz CT molecular complexity index is 1540. The number of H-pyrrole nitrogens is 1. The Hall–Kier alpha value is -2.59. The summed E-state index contributed by atoms with van der Waals surface area (Å²) in [5.41, 5.74) is 4.09. The fraction of sp³-hybridized carbons (Fsp3) is 0.606. The number of benzene rings is 1. The number of carbonyl (C=O) groups is 1. The van der Waals surface area contributed by atoms with Crippen LogP contribution < -0.4 is 4.90 Å². The van der Waals surface area contributed by atoms with Gasteiger partial charge in [0.05, 0.1) is 33.9 Å². The molecule has 1 spiro atoms. The van der Waals surface area contributed by atoms with Gasteiger partial charge in [-0.1, -0.05) is 29.8 Å². The Morgan fingerprint density at radius 2 is 1.91 bits per heavy atom. The normalized spacial score (nSPS) is 23.2. The Balaban J connectivity index is 0.000000374. The number of likely N-dealkylation sites (N-methyl/N-ethyl adjacent to an activating group) is 1. The number of amides is 1. The third-order valence-electron chi connectivity index (χ3n) is 10.2. The van der Waals surface area contributed by atoms with Crippen LogP contribution in [0.15, 0.2) is 24.9 Å². The van der Waals surface area contributed by atoms with E-state index < -0.39 is 0 Å². The molecule has 4 aliphatic rings. The monoisotopic (exact) mass is 641 g/mol. The molecule has 2 N–H and O–H groups in total. The van der Waals surface area contributed by atoms with Crippen molar-refractivity contribution >= 4 is 45.8 Å². The van der Waals surface area contributed by atoms with Gasteiger partial charge in [-0.25, -0.2) is 0 Å². The smallest absolute Gasteiger partial charge is 0.245 e. The molecular formula is C33H45Cl2N7O2. The highest BCUT2D eigenvalue weighted by molar-refractivity contribution is 6.45. The molecule has 0 bridgehead atoms. The molecule has 9 nitrogen and oxygen atoms in total. The molecule has 1 unspecified atom stereocenters. The Morgan fingerprint density at radius 1 is 1.16 bits per heavy atom. The lowest BCUT2D eigenvalue weighted by molar-refractivity contribution is -0.149. The van der Waals surface area contributed by atoms with E-state index in [0.29, 0.717) is 16.1 Å². The second kappa shape index (κ2) is 12.0. The van der Waals surface area contributed by atoms with Crippen molar-refractivity contribution in [2.24, 2.45) is 5.41 Å². The zero-order valence-electron chi connectivity index (χ0n) is 26.4. The standard InChI is InChI=1S/C27H32Cl2N6O.C6H13NO/c1-5-21(36)33-14-27(15-33)11-17(12-27)35-16(2)22(25(32-35)34-9-7-6-8-26(34,3)4)23-18-13-30-31-20(18)10-19(28)24(23)29;1-7-4-2-3-6(8)5-7/h5,10,13,17H,1,6-9,11-12,14-15H2,2-4H3,(H,30,31);6,8H,2-5H2,1H3. The minimum absolute atomic E-state index is 0.0143. The number of aliphatic hydroxyl groups excluding tert-OH is 1. The first-order valence-corrected chi connectivity index (χ1v) is 16.6. The van der Waals surface area contributed by atoms with Crippen LogP contribution in [-0.2, 0) is 4.79 Å². The molecule has 7 rings (SSSR count). The number of hydrogen-bond acceptors (Lipinski definition) is 6. The van der Waals surface area contributed by atoms with Crippen LogP contribution in [0.3, 0.4) is 0 Å². The van der Waals surface area contributed by atoms with Crippen LogP contribution in [0.4, 0.5) is 5.82 Å². The number of anilines is 1. The lowest BCUT2D eigenvalue weighted by Crippen LogP contribution is -2.63. The minimum Gasteiger partial charge on any atom is -0.392 e. The van der Waals surface area contributed by atoms with Gasteiger partial charge >= 0.3 is 0 Å². The van der Waals surface area contributed by atoms with E-state index in [1.807, 2.05) is 24.2 Å². The first-order valence-electron chi connectivity index (χ1n) is 15.9. The lowest BCUT2D eigenvalue weighted by atomic mass is 9.60. The van der Waals surface area contributed by atoms with Crippen molar-refractivity contribution in [3.63, 3.8) is 0 Å². The van der Waals surface area contributed by atoms with Crippen molar-refractivity contribution in [3.05, 3.63) is 40.7 Å². The number of nitrogens with one attached hydrogen (secondary N) is 1. The highest BCUT2D eigenvalue weighted by Crippen LogP contribution is 2.56. The van der Waals surface area contributed by atoms with E-state index in [-0.39, 0.29) is 23.0 Å². The summed E-state index contributed by atoms with van der Waals surface area (Å²) in [6.45, 7) is 14.9. The molecule has 238 valence electrons. The molecule has 3 aromatic rings. The SMILES string of the molecule is C=CC(=O)N1CC2(CC(n3nc(N4CCCCC4(C)C)c(-c4c(Cl)c(Cl)cc5[nH]ncc45)c3C)C2)C1.CN1CCCC(O)C1. The quantitative estimate of drug-likeness (QED) is 0.328. The Labute approximate surface area is 270 Å². The third-order valence-corrected chi connectivity index (χ3v) is 11.0. The van der Waals surface area contributed by atoms with E-state index in [1.54, 1.807) is 0 Å². The zero-order valence-corrected chi connectivity index (χ0v) is 27.9. The van der Waals surface area contributed by atoms with Gasteiger partial charge in [0.25, 0.3) is 0 Å². The molecule has 1 aliphatic carbocycles. The lowest BCUT2D eigenvalue weighted by Gasteiger charge is -2.58. The minimum atomic E-state index is -0.0613. The van der Waals surface area contributed by atoms with Crippen LogP contribution in [0.25, 0.3) is 22.0 Å². The van der Waals surface area contributed by atoms with Crippen molar-refractivity contribution < 1.29 is 9.90 Å².